The standard InChI is InChI=1S/C26H29Cl2FN4O2/c1-16(2)32(25(35)12-17-6-8-18(29)9-7-17)15-24(34)30-23-14-22(26(3,4)5)31-33(23)19-10-11-20(27)21(28)13-19/h6-11,13-14,16H,12,15H2,1-5H3,(H,30,34). The van der Waals surface area contributed by atoms with Gasteiger partial charge in [-0.3, -0.25) is 9.59 Å². The Morgan fingerprint density at radius 2 is 1.71 bits per heavy atom. The number of hydrogen-bond acceptors (Lipinski definition) is 3. The highest BCUT2D eigenvalue weighted by Crippen LogP contribution is 2.29. The van der Waals surface area contributed by atoms with Crippen LogP contribution in [-0.2, 0) is 21.4 Å². The molecule has 1 aromatic heterocycles. The molecule has 9 heteroatoms. The first-order valence-corrected chi connectivity index (χ1v) is 12.0. The van der Waals surface area contributed by atoms with Crippen LogP contribution in [0.25, 0.3) is 5.69 Å². The van der Waals surface area contributed by atoms with Crippen LogP contribution in [0.2, 0.25) is 10.0 Å². The monoisotopic (exact) mass is 518 g/mol. The summed E-state index contributed by atoms with van der Waals surface area (Å²) in [5, 5.41) is 8.35. The number of rotatable bonds is 7. The summed E-state index contributed by atoms with van der Waals surface area (Å²) in [6.07, 6.45) is 0.0706. The van der Waals surface area contributed by atoms with E-state index < -0.39 is 0 Å². The first kappa shape index (κ1) is 26.7. The SMILES string of the molecule is CC(C)N(CC(=O)Nc1cc(C(C)(C)C)nn1-c1ccc(Cl)c(Cl)c1)C(=O)Cc1ccc(F)cc1. The molecule has 3 aromatic rings. The fourth-order valence-electron chi connectivity index (χ4n) is 3.42. The van der Waals surface area contributed by atoms with E-state index in [1.54, 1.807) is 41.1 Å². The predicted molar refractivity (Wildman–Crippen MR) is 138 cm³/mol. The molecule has 35 heavy (non-hydrogen) atoms. The van der Waals surface area contributed by atoms with Gasteiger partial charge in [0.05, 0.1) is 27.8 Å². The second kappa shape index (κ2) is 10.8. The Morgan fingerprint density at radius 3 is 2.29 bits per heavy atom. The van der Waals surface area contributed by atoms with Gasteiger partial charge >= 0.3 is 0 Å². The third-order valence-electron chi connectivity index (χ3n) is 5.42. The van der Waals surface area contributed by atoms with E-state index in [-0.39, 0.29) is 42.1 Å². The molecule has 186 valence electrons. The summed E-state index contributed by atoms with van der Waals surface area (Å²) in [6.45, 7) is 9.61. The van der Waals surface area contributed by atoms with Crippen molar-refractivity contribution in [2.24, 2.45) is 0 Å². The van der Waals surface area contributed by atoms with Gasteiger partial charge < -0.3 is 10.2 Å². The fraction of sp³-hybridized carbons (Fsp3) is 0.346. The molecular weight excluding hydrogens is 490 g/mol. The van der Waals surface area contributed by atoms with Crippen molar-refractivity contribution >= 4 is 40.8 Å². The second-order valence-corrected chi connectivity index (χ2v) is 10.5. The van der Waals surface area contributed by atoms with Gasteiger partial charge in [-0.2, -0.15) is 5.10 Å². The molecule has 0 unspecified atom stereocenters. The lowest BCUT2D eigenvalue weighted by molar-refractivity contribution is -0.135. The fourth-order valence-corrected chi connectivity index (χ4v) is 3.72. The van der Waals surface area contributed by atoms with Crippen LogP contribution in [0, 0.1) is 5.82 Å². The van der Waals surface area contributed by atoms with Crippen LogP contribution in [-0.4, -0.2) is 39.1 Å². The highest BCUT2D eigenvalue weighted by molar-refractivity contribution is 6.42. The number of benzene rings is 2. The number of nitrogens with zero attached hydrogens (tertiary/aromatic N) is 3. The van der Waals surface area contributed by atoms with Crippen LogP contribution in [0.15, 0.2) is 48.5 Å². The maximum absolute atomic E-state index is 13.2. The van der Waals surface area contributed by atoms with Crippen LogP contribution in [0.5, 0.6) is 0 Å². The molecule has 0 fully saturated rings. The summed E-state index contributed by atoms with van der Waals surface area (Å²) in [4.78, 5) is 27.5. The Hall–Kier alpha value is -2.90. The molecular formula is C26H29Cl2FN4O2. The molecule has 1 heterocycles. The molecule has 0 aliphatic rings. The quantitative estimate of drug-likeness (QED) is 0.414. The van der Waals surface area contributed by atoms with Gasteiger partial charge in [0.15, 0.2) is 0 Å². The summed E-state index contributed by atoms with van der Waals surface area (Å²) < 4.78 is 14.8. The molecule has 0 radical (unpaired) electrons. The van der Waals surface area contributed by atoms with E-state index in [2.05, 4.69) is 10.4 Å². The zero-order chi connectivity index (χ0) is 25.9. The number of amides is 2. The zero-order valence-corrected chi connectivity index (χ0v) is 21.9. The molecule has 1 N–H and O–H groups in total. The Bertz CT molecular complexity index is 1220. The number of hydrogen-bond donors (Lipinski definition) is 1. The molecule has 0 bridgehead atoms. The summed E-state index contributed by atoms with van der Waals surface area (Å²) in [5.41, 5.74) is 1.82. The van der Waals surface area contributed by atoms with Crippen molar-refractivity contribution in [3.05, 3.63) is 75.7 Å². The van der Waals surface area contributed by atoms with Crippen molar-refractivity contribution in [1.82, 2.24) is 14.7 Å². The average molecular weight is 519 g/mol. The molecule has 2 aromatic carbocycles. The molecule has 0 saturated heterocycles. The number of nitrogens with one attached hydrogen (secondary N) is 1. The molecule has 2 amide bonds. The van der Waals surface area contributed by atoms with Gasteiger partial charge in [0.25, 0.3) is 0 Å². The minimum absolute atomic E-state index is 0.0706. The summed E-state index contributed by atoms with van der Waals surface area (Å²) in [5.74, 6) is -0.509. The van der Waals surface area contributed by atoms with Gasteiger partial charge in [0.1, 0.15) is 18.2 Å². The smallest absolute Gasteiger partial charge is 0.245 e. The van der Waals surface area contributed by atoms with E-state index in [9.17, 15) is 14.0 Å². The van der Waals surface area contributed by atoms with Crippen LogP contribution in [0.1, 0.15) is 45.9 Å². The minimum atomic E-state index is -0.368. The van der Waals surface area contributed by atoms with Gasteiger partial charge in [-0.1, -0.05) is 56.1 Å². The maximum Gasteiger partial charge on any atom is 0.245 e. The van der Waals surface area contributed by atoms with E-state index in [4.69, 9.17) is 23.2 Å². The van der Waals surface area contributed by atoms with Crippen LogP contribution >= 0.6 is 23.2 Å². The second-order valence-electron chi connectivity index (χ2n) is 9.64. The largest absolute Gasteiger partial charge is 0.331 e. The van der Waals surface area contributed by atoms with Crippen molar-refractivity contribution in [1.29, 1.82) is 0 Å². The number of carbonyl (C=O) groups excluding carboxylic acids is 2. The Kier molecular flexibility index (Phi) is 8.23. The first-order valence-electron chi connectivity index (χ1n) is 11.2. The highest BCUT2D eigenvalue weighted by Gasteiger charge is 2.24. The third kappa shape index (κ3) is 6.83. The summed E-state index contributed by atoms with van der Waals surface area (Å²) in [6, 6.07) is 12.4. The molecule has 0 atom stereocenters. The summed E-state index contributed by atoms with van der Waals surface area (Å²) >= 11 is 12.3. The van der Waals surface area contributed by atoms with Crippen molar-refractivity contribution in [3.8, 4) is 5.69 Å². The highest BCUT2D eigenvalue weighted by atomic mass is 35.5. The minimum Gasteiger partial charge on any atom is -0.331 e. The van der Waals surface area contributed by atoms with Crippen molar-refractivity contribution < 1.29 is 14.0 Å². The third-order valence-corrected chi connectivity index (χ3v) is 6.16. The van der Waals surface area contributed by atoms with Crippen molar-refractivity contribution in [2.75, 3.05) is 11.9 Å². The molecule has 0 aliphatic heterocycles. The number of aromatic nitrogens is 2. The lowest BCUT2D eigenvalue weighted by Crippen LogP contribution is -2.43. The van der Waals surface area contributed by atoms with Crippen LogP contribution in [0.3, 0.4) is 0 Å². The van der Waals surface area contributed by atoms with Gasteiger partial charge in [-0.25, -0.2) is 9.07 Å². The first-order chi connectivity index (χ1) is 16.3. The molecule has 3 rings (SSSR count). The van der Waals surface area contributed by atoms with E-state index in [1.165, 1.54) is 17.0 Å². The van der Waals surface area contributed by atoms with Gasteiger partial charge in [-0.05, 0) is 49.7 Å². The molecule has 6 nitrogen and oxygen atoms in total. The van der Waals surface area contributed by atoms with E-state index in [0.29, 0.717) is 27.1 Å². The topological polar surface area (TPSA) is 67.2 Å². The molecule has 0 aliphatic carbocycles. The Balaban J connectivity index is 1.83. The lowest BCUT2D eigenvalue weighted by Gasteiger charge is -2.26. The van der Waals surface area contributed by atoms with Gasteiger partial charge in [0, 0.05) is 17.5 Å². The van der Waals surface area contributed by atoms with Crippen LogP contribution < -0.4 is 5.32 Å². The van der Waals surface area contributed by atoms with Crippen molar-refractivity contribution in [2.45, 2.75) is 52.5 Å². The van der Waals surface area contributed by atoms with Gasteiger partial charge in [0.2, 0.25) is 11.8 Å². The average Bonchev–Trinajstić information content (AvgIpc) is 3.19. The number of carbonyl (C=O) groups is 2. The number of halogens is 3. The number of anilines is 1. The molecule has 0 spiro atoms. The summed E-state index contributed by atoms with van der Waals surface area (Å²) in [7, 11) is 0. The van der Waals surface area contributed by atoms with E-state index >= 15 is 0 Å². The van der Waals surface area contributed by atoms with Crippen molar-refractivity contribution in [3.63, 3.8) is 0 Å². The zero-order valence-electron chi connectivity index (χ0n) is 20.4. The predicted octanol–water partition coefficient (Wildman–Crippen LogP) is 6.03. The van der Waals surface area contributed by atoms with Crippen LogP contribution in [0.4, 0.5) is 10.2 Å². The van der Waals surface area contributed by atoms with Gasteiger partial charge in [-0.15, -0.1) is 0 Å². The van der Waals surface area contributed by atoms with E-state index in [0.717, 1.165) is 5.69 Å². The maximum atomic E-state index is 13.2. The Morgan fingerprint density at radius 1 is 1.06 bits per heavy atom. The normalized spacial score (nSPS) is 11.6. The lowest BCUT2D eigenvalue weighted by atomic mass is 9.92. The Labute approximate surface area is 215 Å². The van der Waals surface area contributed by atoms with E-state index in [1.807, 2.05) is 34.6 Å². The molecule has 0 saturated carbocycles.